The number of para-hydroxylation sites is 1. The zero-order chi connectivity index (χ0) is 15.2. The van der Waals surface area contributed by atoms with Crippen LogP contribution in [0.2, 0.25) is 0 Å². The summed E-state index contributed by atoms with van der Waals surface area (Å²) in [5.74, 6) is 2.29. The minimum atomic E-state index is -1.04. The minimum Gasteiger partial charge on any atom is -0.478 e. The van der Waals surface area contributed by atoms with Crippen LogP contribution in [-0.4, -0.2) is 53.2 Å². The van der Waals surface area contributed by atoms with Crippen LogP contribution >= 0.6 is 23.5 Å². The van der Waals surface area contributed by atoms with Crippen molar-refractivity contribution in [3.63, 3.8) is 0 Å². The summed E-state index contributed by atoms with van der Waals surface area (Å²) in [6.45, 7) is 0.607. The van der Waals surface area contributed by atoms with Crippen LogP contribution in [0.5, 0.6) is 0 Å². The van der Waals surface area contributed by atoms with E-state index in [9.17, 15) is 9.59 Å². The zero-order valence-electron chi connectivity index (χ0n) is 11.7. The molecule has 5 nitrogen and oxygen atoms in total. The van der Waals surface area contributed by atoms with E-state index in [1.165, 1.54) is 16.7 Å². The molecular formula is C14H18N2O3S2. The van der Waals surface area contributed by atoms with Gasteiger partial charge in [0.1, 0.15) is 0 Å². The van der Waals surface area contributed by atoms with Crippen molar-refractivity contribution >= 4 is 41.2 Å². The summed E-state index contributed by atoms with van der Waals surface area (Å²) in [5.41, 5.74) is 0.519. The Labute approximate surface area is 132 Å². The van der Waals surface area contributed by atoms with Crippen molar-refractivity contribution in [3.8, 4) is 0 Å². The van der Waals surface area contributed by atoms with Crippen LogP contribution in [0, 0.1) is 0 Å². The van der Waals surface area contributed by atoms with E-state index in [1.54, 1.807) is 25.2 Å². The number of nitrogens with one attached hydrogen (secondary N) is 1. The second kappa shape index (κ2) is 7.61. The van der Waals surface area contributed by atoms with Gasteiger partial charge < -0.3 is 10.4 Å². The van der Waals surface area contributed by atoms with Gasteiger partial charge in [-0.2, -0.15) is 23.5 Å². The number of thioether (sulfide) groups is 2. The molecule has 1 aromatic carbocycles. The highest BCUT2D eigenvalue weighted by Crippen LogP contribution is 2.23. The third-order valence-electron chi connectivity index (χ3n) is 3.17. The number of anilines is 1. The quantitative estimate of drug-likeness (QED) is 0.889. The molecular weight excluding hydrogens is 308 g/mol. The first-order valence-electron chi connectivity index (χ1n) is 6.63. The Morgan fingerprint density at radius 2 is 2.14 bits per heavy atom. The molecule has 2 rings (SSSR count). The molecule has 1 unspecified atom stereocenters. The van der Waals surface area contributed by atoms with Gasteiger partial charge >= 0.3 is 12.0 Å². The summed E-state index contributed by atoms with van der Waals surface area (Å²) in [6, 6.07) is 6.22. The molecule has 1 aromatic rings. The number of urea groups is 1. The van der Waals surface area contributed by atoms with Crippen molar-refractivity contribution in [2.45, 2.75) is 5.25 Å². The molecule has 114 valence electrons. The smallest absolute Gasteiger partial charge is 0.337 e. The normalized spacial score (nSPS) is 18.0. The second-order valence-electron chi connectivity index (χ2n) is 4.64. The molecule has 0 aromatic heterocycles. The molecule has 1 saturated heterocycles. The van der Waals surface area contributed by atoms with E-state index in [2.05, 4.69) is 5.32 Å². The fourth-order valence-electron chi connectivity index (χ4n) is 2.03. The number of benzene rings is 1. The van der Waals surface area contributed by atoms with Crippen LogP contribution in [0.1, 0.15) is 10.4 Å². The number of carboxylic acid groups (broad SMARTS) is 1. The summed E-state index contributed by atoms with van der Waals surface area (Å²) >= 11 is 3.77. The Morgan fingerprint density at radius 1 is 1.38 bits per heavy atom. The van der Waals surface area contributed by atoms with E-state index in [0.717, 1.165) is 11.5 Å². The first kappa shape index (κ1) is 16.0. The average molecular weight is 326 g/mol. The summed E-state index contributed by atoms with van der Waals surface area (Å²) in [4.78, 5) is 24.7. The molecule has 0 spiro atoms. The molecule has 0 bridgehead atoms. The number of aromatic carboxylic acids is 1. The Hall–Kier alpha value is -1.34. The lowest BCUT2D eigenvalue weighted by molar-refractivity contribution is 0.0697. The molecule has 1 atom stereocenters. The lowest BCUT2D eigenvalue weighted by atomic mass is 10.1. The van der Waals surface area contributed by atoms with Crippen molar-refractivity contribution < 1.29 is 14.7 Å². The van der Waals surface area contributed by atoms with Gasteiger partial charge in [0, 0.05) is 36.1 Å². The summed E-state index contributed by atoms with van der Waals surface area (Å²) in [7, 11) is 1.58. The van der Waals surface area contributed by atoms with Crippen molar-refractivity contribution in [1.82, 2.24) is 5.32 Å². The van der Waals surface area contributed by atoms with Crippen LogP contribution < -0.4 is 10.2 Å². The first-order chi connectivity index (χ1) is 10.1. The maximum Gasteiger partial charge on any atom is 0.337 e. The maximum atomic E-state index is 12.2. The molecule has 0 radical (unpaired) electrons. The van der Waals surface area contributed by atoms with Crippen LogP contribution in [-0.2, 0) is 0 Å². The predicted octanol–water partition coefficient (Wildman–Crippen LogP) is 2.38. The standard InChI is InChI=1S/C14H18N2O3S2/c1-16(12-5-3-2-4-11(12)13(17)18)14(19)15-8-10-9-20-6-7-21-10/h2-5,10H,6-9H2,1H3,(H,15,19)(H,17,18). The predicted molar refractivity (Wildman–Crippen MR) is 88.8 cm³/mol. The maximum absolute atomic E-state index is 12.2. The molecule has 2 amide bonds. The number of carbonyl (C=O) groups is 2. The fraction of sp³-hybridized carbons (Fsp3) is 0.429. The monoisotopic (exact) mass is 326 g/mol. The zero-order valence-corrected chi connectivity index (χ0v) is 13.4. The number of carbonyl (C=O) groups excluding carboxylic acids is 1. The van der Waals surface area contributed by atoms with E-state index >= 15 is 0 Å². The van der Waals surface area contributed by atoms with Gasteiger partial charge in [-0.25, -0.2) is 9.59 Å². The number of rotatable bonds is 4. The number of nitrogens with zero attached hydrogens (tertiary/aromatic N) is 1. The number of carboxylic acids is 1. The Balaban J connectivity index is 1.97. The van der Waals surface area contributed by atoms with Gasteiger partial charge in [-0.3, -0.25) is 4.90 Å². The third kappa shape index (κ3) is 4.31. The molecule has 1 fully saturated rings. The van der Waals surface area contributed by atoms with Gasteiger partial charge in [0.25, 0.3) is 0 Å². The van der Waals surface area contributed by atoms with E-state index < -0.39 is 5.97 Å². The number of hydrogen-bond donors (Lipinski definition) is 2. The minimum absolute atomic E-state index is 0.123. The van der Waals surface area contributed by atoms with E-state index in [4.69, 9.17) is 5.11 Å². The SMILES string of the molecule is CN(C(=O)NCC1CSCCS1)c1ccccc1C(=O)O. The summed E-state index contributed by atoms with van der Waals surface area (Å²) in [5, 5.41) is 12.5. The Morgan fingerprint density at radius 3 is 2.81 bits per heavy atom. The Bertz CT molecular complexity index is 519. The van der Waals surface area contributed by atoms with E-state index in [0.29, 0.717) is 17.5 Å². The molecule has 1 aliphatic rings. The topological polar surface area (TPSA) is 69.6 Å². The average Bonchev–Trinajstić information content (AvgIpc) is 2.52. The van der Waals surface area contributed by atoms with Crippen LogP contribution in [0.4, 0.5) is 10.5 Å². The van der Waals surface area contributed by atoms with E-state index in [1.807, 2.05) is 23.5 Å². The van der Waals surface area contributed by atoms with Gasteiger partial charge in [-0.1, -0.05) is 12.1 Å². The lowest BCUT2D eigenvalue weighted by Gasteiger charge is -2.24. The first-order valence-corrected chi connectivity index (χ1v) is 8.83. The van der Waals surface area contributed by atoms with Crippen molar-refractivity contribution in [3.05, 3.63) is 29.8 Å². The molecule has 7 heteroatoms. The van der Waals surface area contributed by atoms with Crippen molar-refractivity contribution in [2.24, 2.45) is 0 Å². The molecule has 21 heavy (non-hydrogen) atoms. The second-order valence-corrected chi connectivity index (χ2v) is 7.19. The van der Waals surface area contributed by atoms with Crippen LogP contribution in [0.15, 0.2) is 24.3 Å². The largest absolute Gasteiger partial charge is 0.478 e. The highest BCUT2D eigenvalue weighted by Gasteiger charge is 2.20. The summed E-state index contributed by atoms with van der Waals surface area (Å²) in [6.07, 6.45) is 0. The highest BCUT2D eigenvalue weighted by molar-refractivity contribution is 8.06. The van der Waals surface area contributed by atoms with Gasteiger partial charge in [-0.05, 0) is 12.1 Å². The lowest BCUT2D eigenvalue weighted by Crippen LogP contribution is -2.42. The molecule has 0 aliphatic carbocycles. The van der Waals surface area contributed by atoms with Gasteiger partial charge in [0.2, 0.25) is 0 Å². The number of amides is 2. The summed E-state index contributed by atoms with van der Waals surface area (Å²) < 4.78 is 0. The van der Waals surface area contributed by atoms with Gasteiger partial charge in [-0.15, -0.1) is 0 Å². The van der Waals surface area contributed by atoms with Gasteiger partial charge in [0.15, 0.2) is 0 Å². The third-order valence-corrected chi connectivity index (χ3v) is 6.01. The molecule has 1 heterocycles. The Kier molecular flexibility index (Phi) is 5.81. The van der Waals surface area contributed by atoms with Crippen molar-refractivity contribution in [2.75, 3.05) is 35.8 Å². The molecule has 1 aliphatic heterocycles. The molecule has 2 N–H and O–H groups in total. The highest BCUT2D eigenvalue weighted by atomic mass is 32.2. The van der Waals surface area contributed by atoms with Crippen LogP contribution in [0.25, 0.3) is 0 Å². The fourth-order valence-corrected chi connectivity index (χ4v) is 4.64. The molecule has 0 saturated carbocycles. The van der Waals surface area contributed by atoms with Gasteiger partial charge in [0.05, 0.1) is 11.3 Å². The van der Waals surface area contributed by atoms with Crippen LogP contribution in [0.3, 0.4) is 0 Å². The number of hydrogen-bond acceptors (Lipinski definition) is 4. The van der Waals surface area contributed by atoms with E-state index in [-0.39, 0.29) is 11.6 Å². The van der Waals surface area contributed by atoms with Crippen molar-refractivity contribution in [1.29, 1.82) is 0 Å².